The van der Waals surface area contributed by atoms with Crippen molar-refractivity contribution in [3.63, 3.8) is 0 Å². The predicted octanol–water partition coefficient (Wildman–Crippen LogP) is 2.85. The topological polar surface area (TPSA) is 54.7 Å². The molecular formula is C14H19N3. The highest BCUT2D eigenvalue weighted by molar-refractivity contribution is 5.76. The number of fused-ring (bicyclic) bond motifs is 1. The van der Waals surface area contributed by atoms with Gasteiger partial charge in [-0.05, 0) is 37.0 Å². The summed E-state index contributed by atoms with van der Waals surface area (Å²) in [5.41, 5.74) is 9.70. The molecule has 1 aliphatic carbocycles. The van der Waals surface area contributed by atoms with E-state index < -0.39 is 0 Å². The Balaban J connectivity index is 2.07. The molecule has 1 heterocycles. The van der Waals surface area contributed by atoms with Crippen LogP contribution < -0.4 is 5.73 Å². The van der Waals surface area contributed by atoms with Crippen molar-refractivity contribution in [1.82, 2.24) is 9.97 Å². The maximum absolute atomic E-state index is 6.42. The Bertz CT molecular complexity index is 535. The highest BCUT2D eigenvalue weighted by atomic mass is 15.0. The molecule has 0 radical (unpaired) electrons. The van der Waals surface area contributed by atoms with Gasteiger partial charge in [0.05, 0.1) is 16.6 Å². The Hall–Kier alpha value is -1.35. The lowest BCUT2D eigenvalue weighted by molar-refractivity contribution is 0.437. The molecule has 0 unspecified atom stereocenters. The molecule has 0 aliphatic heterocycles. The van der Waals surface area contributed by atoms with Gasteiger partial charge in [0.2, 0.25) is 0 Å². The molecule has 0 atom stereocenters. The summed E-state index contributed by atoms with van der Waals surface area (Å²) in [7, 11) is 0. The zero-order valence-corrected chi connectivity index (χ0v) is 10.3. The average Bonchev–Trinajstić information content (AvgIpc) is 2.94. The number of hydrogen-bond acceptors (Lipinski definition) is 2. The fourth-order valence-electron chi connectivity index (χ4n) is 2.76. The number of benzene rings is 1. The van der Waals surface area contributed by atoms with Crippen LogP contribution in [0.5, 0.6) is 0 Å². The van der Waals surface area contributed by atoms with Crippen molar-refractivity contribution in [3.05, 3.63) is 29.6 Å². The van der Waals surface area contributed by atoms with Crippen molar-refractivity contribution >= 4 is 11.0 Å². The lowest BCUT2D eigenvalue weighted by Gasteiger charge is -2.19. The van der Waals surface area contributed by atoms with E-state index in [-0.39, 0.29) is 5.54 Å². The zero-order valence-electron chi connectivity index (χ0n) is 10.3. The Labute approximate surface area is 101 Å². The molecule has 1 aromatic carbocycles. The van der Waals surface area contributed by atoms with Crippen LogP contribution in [0.1, 0.15) is 44.0 Å². The number of nitrogens with one attached hydrogen (secondary N) is 1. The van der Waals surface area contributed by atoms with Crippen molar-refractivity contribution in [2.75, 3.05) is 0 Å². The van der Waals surface area contributed by atoms with Crippen molar-refractivity contribution in [3.8, 4) is 0 Å². The van der Waals surface area contributed by atoms with Crippen LogP contribution in [0, 0.1) is 0 Å². The summed E-state index contributed by atoms with van der Waals surface area (Å²) in [6.07, 6.45) is 5.58. The zero-order chi connectivity index (χ0) is 11.9. The first-order valence-electron chi connectivity index (χ1n) is 6.49. The number of nitrogens with two attached hydrogens (primary N) is 1. The third kappa shape index (κ3) is 1.75. The van der Waals surface area contributed by atoms with Crippen LogP contribution in [0.25, 0.3) is 11.0 Å². The maximum atomic E-state index is 6.42. The van der Waals surface area contributed by atoms with E-state index in [1.165, 1.54) is 18.4 Å². The summed E-state index contributed by atoms with van der Waals surface area (Å²) in [6, 6.07) is 6.42. The van der Waals surface area contributed by atoms with Gasteiger partial charge in [0.15, 0.2) is 0 Å². The number of nitrogens with zero attached hydrogens (tertiary/aromatic N) is 1. The lowest BCUT2D eigenvalue weighted by Crippen LogP contribution is -2.34. The van der Waals surface area contributed by atoms with Gasteiger partial charge in [-0.1, -0.05) is 25.8 Å². The highest BCUT2D eigenvalue weighted by Gasteiger charge is 2.34. The van der Waals surface area contributed by atoms with Gasteiger partial charge in [0, 0.05) is 0 Å². The van der Waals surface area contributed by atoms with Gasteiger partial charge in [-0.2, -0.15) is 0 Å². The van der Waals surface area contributed by atoms with E-state index in [4.69, 9.17) is 5.73 Å². The first-order chi connectivity index (χ1) is 8.21. The second-order valence-corrected chi connectivity index (χ2v) is 5.15. The Morgan fingerprint density at radius 1 is 1.35 bits per heavy atom. The number of rotatable bonds is 2. The van der Waals surface area contributed by atoms with Crippen molar-refractivity contribution in [2.24, 2.45) is 5.73 Å². The number of aryl methyl sites for hydroxylation is 1. The van der Waals surface area contributed by atoms with Crippen LogP contribution in [0.3, 0.4) is 0 Å². The second kappa shape index (κ2) is 3.84. The molecule has 0 bridgehead atoms. The van der Waals surface area contributed by atoms with E-state index >= 15 is 0 Å². The van der Waals surface area contributed by atoms with Crippen LogP contribution in [-0.4, -0.2) is 9.97 Å². The lowest BCUT2D eigenvalue weighted by atomic mass is 9.99. The van der Waals surface area contributed by atoms with Crippen molar-refractivity contribution in [2.45, 2.75) is 44.6 Å². The molecule has 0 spiro atoms. The highest BCUT2D eigenvalue weighted by Crippen LogP contribution is 2.35. The number of aromatic nitrogens is 2. The standard InChI is InChI=1S/C14H19N3/c1-2-10-5-6-11-12(9-10)17-13(16-11)14(15)7-3-4-8-14/h5-6,9H,2-4,7-8,15H2,1H3,(H,16,17). The van der Waals surface area contributed by atoms with Gasteiger partial charge >= 0.3 is 0 Å². The molecule has 1 aliphatic rings. The van der Waals surface area contributed by atoms with Crippen LogP contribution in [0.4, 0.5) is 0 Å². The van der Waals surface area contributed by atoms with Crippen molar-refractivity contribution < 1.29 is 0 Å². The summed E-state index contributed by atoms with van der Waals surface area (Å²) in [5, 5.41) is 0. The largest absolute Gasteiger partial charge is 0.340 e. The molecule has 2 aromatic rings. The minimum atomic E-state index is -0.217. The van der Waals surface area contributed by atoms with Gasteiger partial charge in [-0.25, -0.2) is 4.98 Å². The summed E-state index contributed by atoms with van der Waals surface area (Å²) in [4.78, 5) is 8.08. The molecular weight excluding hydrogens is 210 g/mol. The fraction of sp³-hybridized carbons (Fsp3) is 0.500. The number of imidazole rings is 1. The Morgan fingerprint density at radius 3 is 2.82 bits per heavy atom. The molecule has 1 saturated carbocycles. The molecule has 3 rings (SSSR count). The molecule has 17 heavy (non-hydrogen) atoms. The molecule has 0 saturated heterocycles. The van der Waals surface area contributed by atoms with E-state index in [2.05, 4.69) is 35.1 Å². The van der Waals surface area contributed by atoms with Crippen LogP contribution in [0.15, 0.2) is 18.2 Å². The van der Waals surface area contributed by atoms with E-state index in [1.807, 2.05) is 0 Å². The smallest absolute Gasteiger partial charge is 0.127 e. The van der Waals surface area contributed by atoms with E-state index in [0.29, 0.717) is 0 Å². The van der Waals surface area contributed by atoms with Gasteiger partial charge in [-0.15, -0.1) is 0 Å². The number of H-pyrrole nitrogens is 1. The summed E-state index contributed by atoms with van der Waals surface area (Å²) < 4.78 is 0. The Morgan fingerprint density at radius 2 is 2.12 bits per heavy atom. The van der Waals surface area contributed by atoms with E-state index in [0.717, 1.165) is 36.1 Å². The minimum Gasteiger partial charge on any atom is -0.340 e. The molecule has 0 amide bonds. The molecule has 90 valence electrons. The van der Waals surface area contributed by atoms with Crippen molar-refractivity contribution in [1.29, 1.82) is 0 Å². The molecule has 1 fully saturated rings. The molecule has 3 N–H and O–H groups in total. The summed E-state index contributed by atoms with van der Waals surface area (Å²) in [6.45, 7) is 2.17. The first kappa shape index (κ1) is 10.8. The average molecular weight is 229 g/mol. The third-order valence-corrected chi connectivity index (χ3v) is 3.92. The van der Waals surface area contributed by atoms with Gasteiger partial charge in [0.25, 0.3) is 0 Å². The quantitative estimate of drug-likeness (QED) is 0.832. The molecule has 1 aromatic heterocycles. The van der Waals surface area contributed by atoms with Gasteiger partial charge in [0.1, 0.15) is 5.82 Å². The number of hydrogen-bond donors (Lipinski definition) is 2. The SMILES string of the molecule is CCc1ccc2nc(C3(N)CCCC3)[nH]c2c1. The maximum Gasteiger partial charge on any atom is 0.127 e. The van der Waals surface area contributed by atoms with Gasteiger partial charge in [-0.3, -0.25) is 0 Å². The molecule has 3 nitrogen and oxygen atoms in total. The first-order valence-corrected chi connectivity index (χ1v) is 6.49. The summed E-state index contributed by atoms with van der Waals surface area (Å²) in [5.74, 6) is 0.971. The fourth-order valence-corrected chi connectivity index (χ4v) is 2.76. The van der Waals surface area contributed by atoms with Crippen LogP contribution >= 0.6 is 0 Å². The predicted molar refractivity (Wildman–Crippen MR) is 69.8 cm³/mol. The minimum absolute atomic E-state index is 0.217. The summed E-state index contributed by atoms with van der Waals surface area (Å²) >= 11 is 0. The van der Waals surface area contributed by atoms with Gasteiger partial charge < -0.3 is 10.7 Å². The molecule has 3 heteroatoms. The van der Waals surface area contributed by atoms with E-state index in [1.54, 1.807) is 0 Å². The normalized spacial score (nSPS) is 18.9. The van der Waals surface area contributed by atoms with Crippen LogP contribution in [-0.2, 0) is 12.0 Å². The third-order valence-electron chi connectivity index (χ3n) is 3.92. The van der Waals surface area contributed by atoms with E-state index in [9.17, 15) is 0 Å². The Kier molecular flexibility index (Phi) is 2.44. The number of aromatic amines is 1. The second-order valence-electron chi connectivity index (χ2n) is 5.15. The van der Waals surface area contributed by atoms with Crippen LogP contribution in [0.2, 0.25) is 0 Å². The monoisotopic (exact) mass is 229 g/mol.